The summed E-state index contributed by atoms with van der Waals surface area (Å²) >= 11 is 0. The Morgan fingerprint density at radius 2 is 1.94 bits per heavy atom. The summed E-state index contributed by atoms with van der Waals surface area (Å²) in [5.74, 6) is -0.621. The predicted molar refractivity (Wildman–Crippen MR) is 125 cm³/mol. The maximum absolute atomic E-state index is 13.5. The third-order valence-corrected chi connectivity index (χ3v) is 6.70. The average Bonchev–Trinajstić information content (AvgIpc) is 3.14. The van der Waals surface area contributed by atoms with Gasteiger partial charge in [0.1, 0.15) is 23.2 Å². The second-order valence-electron chi connectivity index (χ2n) is 9.04. The van der Waals surface area contributed by atoms with Gasteiger partial charge < -0.3 is 15.7 Å². The summed E-state index contributed by atoms with van der Waals surface area (Å²) in [4.78, 5) is 32.6. The molecule has 2 heterocycles. The van der Waals surface area contributed by atoms with Crippen molar-refractivity contribution in [3.05, 3.63) is 47.2 Å². The summed E-state index contributed by atoms with van der Waals surface area (Å²) in [7, 11) is 1.78. The van der Waals surface area contributed by atoms with Crippen LogP contribution in [-0.2, 0) is 18.4 Å². The molecule has 3 aromatic rings. The molecule has 3 N–H and O–H groups in total. The van der Waals surface area contributed by atoms with Gasteiger partial charge in [-0.3, -0.25) is 14.3 Å². The van der Waals surface area contributed by atoms with Crippen LogP contribution in [0.15, 0.2) is 24.5 Å². The van der Waals surface area contributed by atoms with E-state index in [1.165, 1.54) is 12.4 Å². The van der Waals surface area contributed by atoms with Crippen molar-refractivity contribution in [2.75, 3.05) is 5.32 Å². The first kappa shape index (κ1) is 23.6. The molecule has 1 aromatic carbocycles. The van der Waals surface area contributed by atoms with Crippen molar-refractivity contribution in [3.8, 4) is 0 Å². The van der Waals surface area contributed by atoms with Crippen LogP contribution in [0.2, 0.25) is 0 Å². The van der Waals surface area contributed by atoms with Gasteiger partial charge in [-0.2, -0.15) is 5.10 Å². The van der Waals surface area contributed by atoms with Gasteiger partial charge in [-0.1, -0.05) is 12.1 Å². The molecule has 10 heteroatoms. The zero-order valence-corrected chi connectivity index (χ0v) is 19.5. The van der Waals surface area contributed by atoms with Crippen molar-refractivity contribution in [3.63, 3.8) is 0 Å². The summed E-state index contributed by atoms with van der Waals surface area (Å²) in [6, 6.07) is 4.79. The molecule has 9 nitrogen and oxygen atoms in total. The second kappa shape index (κ2) is 9.74. The van der Waals surface area contributed by atoms with Gasteiger partial charge in [0.15, 0.2) is 11.5 Å². The standard InChI is InChI=1S/C24H29FN6O3/c1-13-10-15(4-9-18(13)25)11-26-23(32)21-19-20(27-12-28-21)22(31(3)30-19)29-14(2)16-5-7-17(8-6-16)24(33)34/h4,9-10,12,14,16-17,29H,5-8,11H2,1-3H3,(H,26,32)(H,33,34). The number of aryl methyl sites for hydroxylation is 2. The van der Waals surface area contributed by atoms with Crippen molar-refractivity contribution in [2.24, 2.45) is 18.9 Å². The fourth-order valence-corrected chi connectivity index (χ4v) is 4.61. The molecule has 1 aliphatic rings. The van der Waals surface area contributed by atoms with Gasteiger partial charge in [-0.15, -0.1) is 0 Å². The Labute approximate surface area is 196 Å². The average molecular weight is 469 g/mol. The zero-order valence-electron chi connectivity index (χ0n) is 19.5. The normalized spacial score (nSPS) is 19.1. The number of amides is 1. The summed E-state index contributed by atoms with van der Waals surface area (Å²) in [5, 5.41) is 20.0. The number of hydrogen-bond acceptors (Lipinski definition) is 6. The first-order chi connectivity index (χ1) is 16.2. The lowest BCUT2D eigenvalue weighted by Crippen LogP contribution is -2.32. The van der Waals surface area contributed by atoms with Crippen LogP contribution in [0.5, 0.6) is 0 Å². The van der Waals surface area contributed by atoms with Crippen LogP contribution >= 0.6 is 0 Å². The summed E-state index contributed by atoms with van der Waals surface area (Å²) in [6.07, 6.45) is 4.38. The summed E-state index contributed by atoms with van der Waals surface area (Å²) in [5.41, 5.74) is 2.41. The number of benzene rings is 1. The van der Waals surface area contributed by atoms with E-state index in [2.05, 4.69) is 32.6 Å². The predicted octanol–water partition coefficient (Wildman–Crippen LogP) is 3.43. The molecule has 0 saturated heterocycles. The fraction of sp³-hybridized carbons (Fsp3) is 0.458. The molecular weight excluding hydrogens is 439 g/mol. The Hall–Kier alpha value is -3.56. The Balaban J connectivity index is 1.48. The van der Waals surface area contributed by atoms with Gasteiger partial charge in [0.05, 0.1) is 5.92 Å². The minimum absolute atomic E-state index is 0.0855. The number of carbonyl (C=O) groups is 2. The number of carbonyl (C=O) groups excluding carboxylic acids is 1. The number of hydrogen-bond donors (Lipinski definition) is 3. The molecule has 0 bridgehead atoms. The Morgan fingerprint density at radius 1 is 1.21 bits per heavy atom. The number of rotatable bonds is 7. The van der Waals surface area contributed by atoms with Crippen LogP contribution in [0, 0.1) is 24.6 Å². The number of carboxylic acid groups (broad SMARTS) is 1. The topological polar surface area (TPSA) is 122 Å². The first-order valence-electron chi connectivity index (χ1n) is 11.4. The lowest BCUT2D eigenvalue weighted by atomic mass is 9.79. The number of carboxylic acids is 1. The minimum atomic E-state index is -0.714. The molecule has 1 saturated carbocycles. The quantitative estimate of drug-likeness (QED) is 0.486. The molecule has 1 fully saturated rings. The number of aromatic nitrogens is 4. The lowest BCUT2D eigenvalue weighted by Gasteiger charge is -2.31. The van der Waals surface area contributed by atoms with Crippen LogP contribution in [0.3, 0.4) is 0 Å². The number of nitrogens with zero attached hydrogens (tertiary/aromatic N) is 4. The van der Waals surface area contributed by atoms with Crippen LogP contribution in [0.25, 0.3) is 11.0 Å². The second-order valence-corrected chi connectivity index (χ2v) is 9.04. The number of anilines is 1. The lowest BCUT2D eigenvalue weighted by molar-refractivity contribution is -0.143. The molecule has 1 atom stereocenters. The van der Waals surface area contributed by atoms with Gasteiger partial charge in [-0.25, -0.2) is 14.4 Å². The molecule has 4 rings (SSSR count). The van der Waals surface area contributed by atoms with Crippen LogP contribution in [-0.4, -0.2) is 42.8 Å². The van der Waals surface area contributed by atoms with Gasteiger partial charge in [0.2, 0.25) is 0 Å². The monoisotopic (exact) mass is 468 g/mol. The molecular formula is C24H29FN6O3. The van der Waals surface area contributed by atoms with E-state index >= 15 is 0 Å². The highest BCUT2D eigenvalue weighted by Crippen LogP contribution is 2.33. The van der Waals surface area contributed by atoms with Crippen molar-refractivity contribution < 1.29 is 19.1 Å². The van der Waals surface area contributed by atoms with E-state index in [4.69, 9.17) is 0 Å². The van der Waals surface area contributed by atoms with Gasteiger partial charge >= 0.3 is 5.97 Å². The van der Waals surface area contributed by atoms with Crippen molar-refractivity contribution in [1.82, 2.24) is 25.1 Å². The highest BCUT2D eigenvalue weighted by atomic mass is 19.1. The SMILES string of the molecule is Cc1cc(CNC(=O)c2ncnc3c(NC(C)C4CCC(C(=O)O)CC4)n(C)nc23)ccc1F. The molecule has 34 heavy (non-hydrogen) atoms. The van der Waals surface area contributed by atoms with E-state index in [1.54, 1.807) is 30.8 Å². The smallest absolute Gasteiger partial charge is 0.306 e. The van der Waals surface area contributed by atoms with Gasteiger partial charge in [0, 0.05) is 19.6 Å². The number of halogens is 1. The third-order valence-electron chi connectivity index (χ3n) is 6.70. The first-order valence-corrected chi connectivity index (χ1v) is 11.4. The van der Waals surface area contributed by atoms with Gasteiger partial charge in [0.25, 0.3) is 5.91 Å². The van der Waals surface area contributed by atoms with E-state index in [-0.39, 0.29) is 35.9 Å². The Kier molecular flexibility index (Phi) is 6.76. The summed E-state index contributed by atoms with van der Waals surface area (Å²) in [6.45, 7) is 3.99. The molecule has 2 aromatic heterocycles. The maximum Gasteiger partial charge on any atom is 0.306 e. The molecule has 1 amide bonds. The number of fused-ring (bicyclic) bond motifs is 1. The maximum atomic E-state index is 13.5. The molecule has 0 aliphatic heterocycles. The van der Waals surface area contributed by atoms with Crippen LogP contribution in [0.1, 0.15) is 54.2 Å². The van der Waals surface area contributed by atoms with Crippen LogP contribution < -0.4 is 10.6 Å². The Morgan fingerprint density at radius 3 is 2.62 bits per heavy atom. The highest BCUT2D eigenvalue weighted by Gasteiger charge is 2.30. The summed E-state index contributed by atoms with van der Waals surface area (Å²) < 4.78 is 15.1. The van der Waals surface area contributed by atoms with Crippen molar-refractivity contribution in [2.45, 2.75) is 52.1 Å². The van der Waals surface area contributed by atoms with Crippen molar-refractivity contribution >= 4 is 28.7 Å². The fourth-order valence-electron chi connectivity index (χ4n) is 4.61. The molecule has 180 valence electrons. The molecule has 1 unspecified atom stereocenters. The van der Waals surface area contributed by atoms with E-state index < -0.39 is 5.97 Å². The van der Waals surface area contributed by atoms with E-state index in [0.717, 1.165) is 18.4 Å². The van der Waals surface area contributed by atoms with E-state index in [9.17, 15) is 19.1 Å². The highest BCUT2D eigenvalue weighted by molar-refractivity contribution is 6.04. The van der Waals surface area contributed by atoms with Crippen molar-refractivity contribution in [1.29, 1.82) is 0 Å². The molecule has 0 spiro atoms. The zero-order chi connectivity index (χ0) is 24.4. The molecule has 1 aliphatic carbocycles. The minimum Gasteiger partial charge on any atom is -0.481 e. The largest absolute Gasteiger partial charge is 0.481 e. The molecule has 0 radical (unpaired) electrons. The van der Waals surface area contributed by atoms with E-state index in [1.807, 2.05) is 0 Å². The van der Waals surface area contributed by atoms with Crippen LogP contribution in [0.4, 0.5) is 10.2 Å². The number of nitrogens with one attached hydrogen (secondary N) is 2. The third kappa shape index (κ3) is 4.85. The van der Waals surface area contributed by atoms with Gasteiger partial charge in [-0.05, 0) is 62.6 Å². The Bertz CT molecular complexity index is 1220. The number of aliphatic carboxylic acids is 1. The van der Waals surface area contributed by atoms with E-state index in [0.29, 0.717) is 41.2 Å².